The fraction of sp³-hybridized carbons (Fsp3) is 0.529. The molecule has 1 aromatic carbocycles. The Morgan fingerprint density at radius 1 is 1.26 bits per heavy atom. The standard InChI is InChI=1S/C17H26N4O2/c1-13-4-3-9-21(11-13)12-14-5-7-15(8-6-14)20-16(22)10-19-17(23)18-2/h5-8,13H,3-4,9-12H2,1-2H3,(H,20,22)(H2,18,19,23)/t13-/m0/s1. The van der Waals surface area contributed by atoms with E-state index < -0.39 is 0 Å². The van der Waals surface area contributed by atoms with Crippen molar-refractivity contribution in [3.8, 4) is 0 Å². The maximum Gasteiger partial charge on any atom is 0.314 e. The average Bonchev–Trinajstić information content (AvgIpc) is 2.54. The Hall–Kier alpha value is -2.08. The van der Waals surface area contributed by atoms with E-state index >= 15 is 0 Å². The summed E-state index contributed by atoms with van der Waals surface area (Å²) < 4.78 is 0. The van der Waals surface area contributed by atoms with Crippen molar-refractivity contribution in [2.45, 2.75) is 26.3 Å². The van der Waals surface area contributed by atoms with Gasteiger partial charge < -0.3 is 16.0 Å². The molecule has 0 aliphatic carbocycles. The van der Waals surface area contributed by atoms with Crippen molar-refractivity contribution < 1.29 is 9.59 Å². The van der Waals surface area contributed by atoms with Gasteiger partial charge in [-0.1, -0.05) is 19.1 Å². The van der Waals surface area contributed by atoms with Crippen LogP contribution in [0.25, 0.3) is 0 Å². The highest BCUT2D eigenvalue weighted by Gasteiger charge is 2.16. The van der Waals surface area contributed by atoms with Gasteiger partial charge in [0.1, 0.15) is 0 Å². The SMILES string of the molecule is CNC(=O)NCC(=O)Nc1ccc(CN2CCC[C@H](C)C2)cc1. The molecule has 126 valence electrons. The Balaban J connectivity index is 1.79. The molecule has 0 unspecified atom stereocenters. The van der Waals surface area contributed by atoms with Gasteiger partial charge in [-0.15, -0.1) is 0 Å². The lowest BCUT2D eigenvalue weighted by atomic mass is 10.00. The summed E-state index contributed by atoms with van der Waals surface area (Å²) in [5, 5.41) is 7.62. The van der Waals surface area contributed by atoms with Gasteiger partial charge in [-0.05, 0) is 43.0 Å². The lowest BCUT2D eigenvalue weighted by Crippen LogP contribution is -2.38. The topological polar surface area (TPSA) is 73.5 Å². The fourth-order valence-electron chi connectivity index (χ4n) is 2.84. The number of nitrogens with one attached hydrogen (secondary N) is 3. The molecule has 0 saturated carbocycles. The van der Waals surface area contributed by atoms with Gasteiger partial charge in [0.2, 0.25) is 5.91 Å². The van der Waals surface area contributed by atoms with Crippen LogP contribution >= 0.6 is 0 Å². The minimum Gasteiger partial charge on any atom is -0.341 e. The van der Waals surface area contributed by atoms with E-state index in [1.54, 1.807) is 0 Å². The molecule has 0 radical (unpaired) electrons. The molecular formula is C17H26N4O2. The van der Waals surface area contributed by atoms with Gasteiger partial charge in [0, 0.05) is 25.8 Å². The molecule has 3 N–H and O–H groups in total. The Bertz CT molecular complexity index is 530. The van der Waals surface area contributed by atoms with Gasteiger partial charge in [-0.3, -0.25) is 9.69 Å². The van der Waals surface area contributed by atoms with E-state index in [0.29, 0.717) is 0 Å². The van der Waals surface area contributed by atoms with E-state index in [1.807, 2.05) is 24.3 Å². The minimum absolute atomic E-state index is 0.0485. The molecule has 23 heavy (non-hydrogen) atoms. The summed E-state index contributed by atoms with van der Waals surface area (Å²) in [6, 6.07) is 7.52. The van der Waals surface area contributed by atoms with Crippen molar-refractivity contribution in [3.05, 3.63) is 29.8 Å². The molecule has 0 aromatic heterocycles. The molecule has 1 atom stereocenters. The number of hydrogen-bond acceptors (Lipinski definition) is 3. The van der Waals surface area contributed by atoms with Crippen LogP contribution in [0, 0.1) is 5.92 Å². The summed E-state index contributed by atoms with van der Waals surface area (Å²) in [7, 11) is 1.51. The number of nitrogens with zero attached hydrogens (tertiary/aromatic N) is 1. The maximum atomic E-state index is 11.7. The zero-order chi connectivity index (χ0) is 16.7. The highest BCUT2D eigenvalue weighted by molar-refractivity contribution is 5.94. The Labute approximate surface area is 137 Å². The van der Waals surface area contributed by atoms with Gasteiger partial charge >= 0.3 is 6.03 Å². The van der Waals surface area contributed by atoms with Crippen LogP contribution in [-0.2, 0) is 11.3 Å². The van der Waals surface area contributed by atoms with Crippen molar-refractivity contribution in [1.82, 2.24) is 15.5 Å². The lowest BCUT2D eigenvalue weighted by molar-refractivity contribution is -0.115. The molecule has 1 aromatic rings. The number of rotatable bonds is 5. The second-order valence-electron chi connectivity index (χ2n) is 6.16. The van der Waals surface area contributed by atoms with Crippen molar-refractivity contribution in [1.29, 1.82) is 0 Å². The number of benzene rings is 1. The summed E-state index contributed by atoms with van der Waals surface area (Å²) in [5.41, 5.74) is 1.99. The number of anilines is 1. The average molecular weight is 318 g/mol. The second-order valence-corrected chi connectivity index (χ2v) is 6.16. The van der Waals surface area contributed by atoms with Gasteiger partial charge in [0.15, 0.2) is 0 Å². The first-order chi connectivity index (χ1) is 11.1. The smallest absolute Gasteiger partial charge is 0.314 e. The first kappa shape index (κ1) is 17.3. The highest BCUT2D eigenvalue weighted by atomic mass is 16.2. The van der Waals surface area contributed by atoms with Crippen molar-refractivity contribution in [2.24, 2.45) is 5.92 Å². The summed E-state index contributed by atoms with van der Waals surface area (Å²) in [5.74, 6) is 0.529. The van der Waals surface area contributed by atoms with E-state index in [-0.39, 0.29) is 18.5 Å². The normalized spacial score (nSPS) is 18.3. The molecule has 3 amide bonds. The molecule has 6 heteroatoms. The van der Waals surface area contributed by atoms with Crippen LogP contribution < -0.4 is 16.0 Å². The molecule has 0 spiro atoms. The molecule has 1 aliphatic heterocycles. The first-order valence-electron chi connectivity index (χ1n) is 8.13. The third kappa shape index (κ3) is 5.90. The van der Waals surface area contributed by atoms with E-state index in [9.17, 15) is 9.59 Å². The van der Waals surface area contributed by atoms with Crippen LogP contribution in [0.5, 0.6) is 0 Å². The number of hydrogen-bond donors (Lipinski definition) is 3. The second kappa shape index (κ2) is 8.53. The van der Waals surface area contributed by atoms with Gasteiger partial charge in [-0.25, -0.2) is 4.79 Å². The van der Waals surface area contributed by atoms with Crippen LogP contribution in [-0.4, -0.2) is 43.5 Å². The largest absolute Gasteiger partial charge is 0.341 e. The molecule has 1 saturated heterocycles. The predicted molar refractivity (Wildman–Crippen MR) is 91.2 cm³/mol. The van der Waals surface area contributed by atoms with Crippen LogP contribution in [0.1, 0.15) is 25.3 Å². The Morgan fingerprint density at radius 3 is 2.65 bits per heavy atom. The third-order valence-corrected chi connectivity index (χ3v) is 4.02. The Kier molecular flexibility index (Phi) is 6.40. The molecule has 0 bridgehead atoms. The predicted octanol–water partition coefficient (Wildman–Crippen LogP) is 1.79. The quantitative estimate of drug-likeness (QED) is 0.775. The minimum atomic E-state index is -0.369. The molecule has 6 nitrogen and oxygen atoms in total. The molecule has 1 fully saturated rings. The van der Waals surface area contributed by atoms with Crippen LogP contribution in [0.15, 0.2) is 24.3 Å². The number of carbonyl (C=O) groups excluding carboxylic acids is 2. The summed E-state index contributed by atoms with van der Waals surface area (Å²) >= 11 is 0. The summed E-state index contributed by atoms with van der Waals surface area (Å²) in [6.45, 7) is 5.53. The van der Waals surface area contributed by atoms with Gasteiger partial charge in [0.25, 0.3) is 0 Å². The van der Waals surface area contributed by atoms with Crippen LogP contribution in [0.3, 0.4) is 0 Å². The van der Waals surface area contributed by atoms with E-state index in [2.05, 4.69) is 27.8 Å². The molecule has 2 rings (SSSR count). The highest BCUT2D eigenvalue weighted by Crippen LogP contribution is 2.18. The first-order valence-corrected chi connectivity index (χ1v) is 8.13. The Morgan fingerprint density at radius 2 is 2.00 bits per heavy atom. The van der Waals surface area contributed by atoms with E-state index in [4.69, 9.17) is 0 Å². The summed E-state index contributed by atoms with van der Waals surface area (Å²) in [4.78, 5) is 25.2. The summed E-state index contributed by atoms with van der Waals surface area (Å²) in [6.07, 6.45) is 2.60. The molecule has 1 aliphatic rings. The maximum absolute atomic E-state index is 11.7. The van der Waals surface area contributed by atoms with Crippen molar-refractivity contribution in [2.75, 3.05) is 32.0 Å². The van der Waals surface area contributed by atoms with E-state index in [0.717, 1.165) is 31.2 Å². The van der Waals surface area contributed by atoms with E-state index in [1.165, 1.54) is 25.5 Å². The van der Waals surface area contributed by atoms with Gasteiger partial charge in [-0.2, -0.15) is 0 Å². The zero-order valence-electron chi connectivity index (χ0n) is 13.9. The number of likely N-dealkylation sites (tertiary alicyclic amines) is 1. The lowest BCUT2D eigenvalue weighted by Gasteiger charge is -2.30. The third-order valence-electron chi connectivity index (χ3n) is 4.02. The van der Waals surface area contributed by atoms with Gasteiger partial charge in [0.05, 0.1) is 6.54 Å². The fourth-order valence-corrected chi connectivity index (χ4v) is 2.84. The number of amides is 3. The van der Waals surface area contributed by atoms with Crippen molar-refractivity contribution in [3.63, 3.8) is 0 Å². The number of piperidine rings is 1. The molecular weight excluding hydrogens is 292 g/mol. The monoisotopic (exact) mass is 318 g/mol. The molecule has 1 heterocycles. The van der Waals surface area contributed by atoms with Crippen molar-refractivity contribution >= 4 is 17.6 Å². The number of urea groups is 1. The number of carbonyl (C=O) groups is 2. The van der Waals surface area contributed by atoms with Crippen LogP contribution in [0.2, 0.25) is 0 Å². The van der Waals surface area contributed by atoms with Crippen LogP contribution in [0.4, 0.5) is 10.5 Å². The zero-order valence-corrected chi connectivity index (χ0v) is 13.9.